The molecule has 1 amide bonds. The van der Waals surface area contributed by atoms with E-state index in [9.17, 15) is 9.59 Å². The number of hydrogen-bond acceptors (Lipinski definition) is 4. The first-order chi connectivity index (χ1) is 7.18. The lowest BCUT2D eigenvalue weighted by Crippen LogP contribution is -2.26. The Kier molecular flexibility index (Phi) is 2.68. The first-order valence-corrected chi connectivity index (χ1v) is 5.45. The zero-order valence-corrected chi connectivity index (χ0v) is 8.79. The molecular weight excluding hydrogens is 216 g/mol. The predicted octanol–water partition coefficient (Wildman–Crippen LogP) is 1.08. The first kappa shape index (κ1) is 10.1. The second kappa shape index (κ2) is 3.98. The predicted molar refractivity (Wildman–Crippen MR) is 54.2 cm³/mol. The van der Waals surface area contributed by atoms with Gasteiger partial charge in [-0.25, -0.2) is 4.79 Å². The van der Waals surface area contributed by atoms with Gasteiger partial charge in [0, 0.05) is 13.1 Å². The summed E-state index contributed by atoms with van der Waals surface area (Å²) in [4.78, 5) is 24.5. The molecule has 80 valence electrons. The number of carboxylic acids is 1. The van der Waals surface area contributed by atoms with E-state index in [1.807, 2.05) is 0 Å². The Labute approximate surface area is 90.5 Å². The van der Waals surface area contributed by atoms with Crippen LogP contribution in [0, 0.1) is 0 Å². The molecule has 0 unspecified atom stereocenters. The Bertz CT molecular complexity index is 396. The average Bonchev–Trinajstić information content (AvgIpc) is 2.88. The van der Waals surface area contributed by atoms with Crippen molar-refractivity contribution in [3.05, 3.63) is 16.6 Å². The number of aromatic nitrogens is 1. The van der Waals surface area contributed by atoms with E-state index in [2.05, 4.69) is 4.37 Å². The number of likely N-dealkylation sites (tertiary alicyclic amines) is 1. The van der Waals surface area contributed by atoms with Gasteiger partial charge in [-0.1, -0.05) is 0 Å². The second-order valence-corrected chi connectivity index (χ2v) is 4.19. The lowest BCUT2D eigenvalue weighted by molar-refractivity contribution is 0.0692. The standard InChI is InChI=1S/C9H10N2O3S/c12-8(11-3-1-2-4-11)7-5-6(9(13)14)10-15-7/h5H,1-4H2,(H,13,14). The van der Waals surface area contributed by atoms with Crippen molar-refractivity contribution in [1.29, 1.82) is 0 Å². The number of rotatable bonds is 2. The van der Waals surface area contributed by atoms with Crippen molar-refractivity contribution in [1.82, 2.24) is 9.27 Å². The zero-order chi connectivity index (χ0) is 10.8. The van der Waals surface area contributed by atoms with Gasteiger partial charge in [0.05, 0.1) is 0 Å². The molecule has 0 spiro atoms. The Hall–Kier alpha value is -1.43. The molecule has 1 aliphatic heterocycles. The van der Waals surface area contributed by atoms with Gasteiger partial charge in [-0.05, 0) is 30.4 Å². The largest absolute Gasteiger partial charge is 0.476 e. The third kappa shape index (κ3) is 1.99. The van der Waals surface area contributed by atoms with Gasteiger partial charge in [-0.2, -0.15) is 4.37 Å². The van der Waals surface area contributed by atoms with Gasteiger partial charge in [-0.15, -0.1) is 0 Å². The highest BCUT2D eigenvalue weighted by atomic mass is 32.1. The molecule has 15 heavy (non-hydrogen) atoms. The molecule has 1 saturated heterocycles. The zero-order valence-electron chi connectivity index (χ0n) is 7.97. The molecule has 5 nitrogen and oxygen atoms in total. The normalized spacial score (nSPS) is 15.6. The second-order valence-electron chi connectivity index (χ2n) is 3.38. The van der Waals surface area contributed by atoms with Crippen LogP contribution >= 0.6 is 11.5 Å². The van der Waals surface area contributed by atoms with Crippen LogP contribution in [0.3, 0.4) is 0 Å². The summed E-state index contributed by atoms with van der Waals surface area (Å²) < 4.78 is 3.70. The molecule has 1 fully saturated rings. The molecule has 0 aliphatic carbocycles. The van der Waals surface area contributed by atoms with E-state index in [4.69, 9.17) is 5.11 Å². The summed E-state index contributed by atoms with van der Waals surface area (Å²) in [5.41, 5.74) is -0.0532. The SMILES string of the molecule is O=C(O)c1cc(C(=O)N2CCCC2)sn1. The number of nitrogens with zero attached hydrogens (tertiary/aromatic N) is 2. The topological polar surface area (TPSA) is 70.5 Å². The van der Waals surface area contributed by atoms with Crippen molar-refractivity contribution in [2.24, 2.45) is 0 Å². The molecule has 2 heterocycles. The fourth-order valence-electron chi connectivity index (χ4n) is 1.55. The van der Waals surface area contributed by atoms with Gasteiger partial charge >= 0.3 is 5.97 Å². The summed E-state index contributed by atoms with van der Waals surface area (Å²) in [5, 5.41) is 8.66. The van der Waals surface area contributed by atoms with Gasteiger partial charge in [-0.3, -0.25) is 4.79 Å². The molecule has 0 radical (unpaired) electrons. The fraction of sp³-hybridized carbons (Fsp3) is 0.444. The van der Waals surface area contributed by atoms with Gasteiger partial charge in [0.2, 0.25) is 0 Å². The molecule has 2 rings (SSSR count). The Morgan fingerprint density at radius 3 is 2.60 bits per heavy atom. The minimum Gasteiger partial charge on any atom is -0.476 e. The van der Waals surface area contributed by atoms with Crippen LogP contribution in [-0.4, -0.2) is 39.3 Å². The van der Waals surface area contributed by atoms with E-state index in [0.29, 0.717) is 4.88 Å². The van der Waals surface area contributed by atoms with E-state index in [1.54, 1.807) is 4.90 Å². The smallest absolute Gasteiger partial charge is 0.355 e. The highest BCUT2D eigenvalue weighted by Gasteiger charge is 2.22. The van der Waals surface area contributed by atoms with Crippen molar-refractivity contribution in [3.63, 3.8) is 0 Å². The monoisotopic (exact) mass is 226 g/mol. The lowest BCUT2D eigenvalue weighted by atomic mass is 10.3. The van der Waals surface area contributed by atoms with Gasteiger partial charge in [0.1, 0.15) is 4.88 Å². The van der Waals surface area contributed by atoms with Crippen molar-refractivity contribution in [3.8, 4) is 0 Å². The van der Waals surface area contributed by atoms with Crippen LogP contribution in [0.1, 0.15) is 33.0 Å². The quantitative estimate of drug-likeness (QED) is 0.819. The van der Waals surface area contributed by atoms with Crippen LogP contribution in [0.25, 0.3) is 0 Å². The molecule has 0 aromatic carbocycles. The molecule has 1 aromatic heterocycles. The molecular formula is C9H10N2O3S. The van der Waals surface area contributed by atoms with Crippen molar-refractivity contribution >= 4 is 23.4 Å². The number of carbonyl (C=O) groups excluding carboxylic acids is 1. The number of aromatic carboxylic acids is 1. The van der Waals surface area contributed by atoms with Gasteiger partial charge in [0.25, 0.3) is 5.91 Å². The summed E-state index contributed by atoms with van der Waals surface area (Å²) in [6, 6.07) is 1.34. The summed E-state index contributed by atoms with van der Waals surface area (Å²) in [6.07, 6.45) is 2.05. The number of carboxylic acid groups (broad SMARTS) is 1. The van der Waals surface area contributed by atoms with Gasteiger partial charge in [0.15, 0.2) is 5.69 Å². The van der Waals surface area contributed by atoms with E-state index in [1.165, 1.54) is 6.07 Å². The summed E-state index contributed by atoms with van der Waals surface area (Å²) >= 11 is 0.951. The van der Waals surface area contributed by atoms with Crippen LogP contribution in [0.15, 0.2) is 6.07 Å². The molecule has 1 aromatic rings. The van der Waals surface area contributed by atoms with E-state index in [-0.39, 0.29) is 11.6 Å². The minimum atomic E-state index is -1.09. The minimum absolute atomic E-state index is 0.0532. The van der Waals surface area contributed by atoms with Crippen LogP contribution in [0.2, 0.25) is 0 Å². The molecule has 1 aliphatic rings. The van der Waals surface area contributed by atoms with E-state index < -0.39 is 5.97 Å². The number of carbonyl (C=O) groups is 2. The highest BCUT2D eigenvalue weighted by molar-refractivity contribution is 7.08. The lowest BCUT2D eigenvalue weighted by Gasteiger charge is -2.12. The van der Waals surface area contributed by atoms with Crippen molar-refractivity contribution in [2.75, 3.05) is 13.1 Å². The summed E-state index contributed by atoms with van der Waals surface area (Å²) in [5.74, 6) is -1.19. The van der Waals surface area contributed by atoms with Crippen LogP contribution in [0.5, 0.6) is 0 Å². The maximum Gasteiger partial charge on any atom is 0.355 e. The first-order valence-electron chi connectivity index (χ1n) is 4.68. The number of amides is 1. The van der Waals surface area contributed by atoms with E-state index >= 15 is 0 Å². The summed E-state index contributed by atoms with van der Waals surface area (Å²) in [7, 11) is 0. The summed E-state index contributed by atoms with van der Waals surface area (Å²) in [6.45, 7) is 1.53. The Balaban J connectivity index is 2.14. The molecule has 0 saturated carbocycles. The Morgan fingerprint density at radius 1 is 1.40 bits per heavy atom. The fourth-order valence-corrected chi connectivity index (χ4v) is 2.25. The number of hydrogen-bond donors (Lipinski definition) is 1. The van der Waals surface area contributed by atoms with Crippen molar-refractivity contribution in [2.45, 2.75) is 12.8 Å². The third-order valence-corrected chi connectivity index (χ3v) is 3.11. The van der Waals surface area contributed by atoms with Crippen LogP contribution < -0.4 is 0 Å². The maximum atomic E-state index is 11.8. The third-order valence-electron chi connectivity index (χ3n) is 2.33. The van der Waals surface area contributed by atoms with E-state index in [0.717, 1.165) is 37.5 Å². The van der Waals surface area contributed by atoms with Crippen LogP contribution in [-0.2, 0) is 0 Å². The van der Waals surface area contributed by atoms with Crippen LogP contribution in [0.4, 0.5) is 0 Å². The molecule has 0 bridgehead atoms. The maximum absolute atomic E-state index is 11.8. The Morgan fingerprint density at radius 2 is 2.07 bits per heavy atom. The van der Waals surface area contributed by atoms with Crippen molar-refractivity contribution < 1.29 is 14.7 Å². The molecule has 0 atom stereocenters. The van der Waals surface area contributed by atoms with Gasteiger partial charge < -0.3 is 10.0 Å². The average molecular weight is 226 g/mol. The highest BCUT2D eigenvalue weighted by Crippen LogP contribution is 2.16. The molecule has 6 heteroatoms. The molecule has 1 N–H and O–H groups in total.